The summed E-state index contributed by atoms with van der Waals surface area (Å²) in [5, 5.41) is 10.5. The zero-order chi connectivity index (χ0) is 14.3. The molecule has 4 N–H and O–H groups in total. The minimum Gasteiger partial charge on any atom is -0.350 e. The molecule has 6 heteroatoms. The Kier molecular flexibility index (Phi) is 2.94. The Labute approximate surface area is 114 Å². The number of urea groups is 1. The minimum atomic E-state index is -0.927. The monoisotopic (exact) mass is 275 g/mol. The zero-order valence-corrected chi connectivity index (χ0v) is 10.6. The van der Waals surface area contributed by atoms with Gasteiger partial charge in [-0.25, -0.2) is 4.79 Å². The molecule has 1 aliphatic carbocycles. The first-order valence-electron chi connectivity index (χ1n) is 6.27. The van der Waals surface area contributed by atoms with E-state index in [4.69, 9.17) is 5.73 Å². The number of hydrogen-bond donors (Lipinski definition) is 3. The van der Waals surface area contributed by atoms with Crippen molar-refractivity contribution in [2.24, 2.45) is 5.73 Å². The average Bonchev–Trinajstić information content (AvgIpc) is 3.00. The molecule has 0 bridgehead atoms. The molecule has 1 heterocycles. The molecule has 0 fully saturated rings. The van der Waals surface area contributed by atoms with Gasteiger partial charge in [0.1, 0.15) is 0 Å². The lowest BCUT2D eigenvalue weighted by Crippen LogP contribution is -2.37. The SMILES string of the molecule is NC(=O)N(O)C1c2ccccc2CC1c1ccc(F)[nH]1. The number of fused-ring (bicyclic) bond motifs is 1. The summed E-state index contributed by atoms with van der Waals surface area (Å²) in [5.74, 6) is -0.701. The second-order valence-corrected chi connectivity index (χ2v) is 4.90. The van der Waals surface area contributed by atoms with Gasteiger partial charge >= 0.3 is 6.03 Å². The van der Waals surface area contributed by atoms with Crippen LogP contribution in [0, 0.1) is 5.95 Å². The lowest BCUT2D eigenvalue weighted by Gasteiger charge is -2.26. The van der Waals surface area contributed by atoms with Crippen LogP contribution in [-0.2, 0) is 6.42 Å². The van der Waals surface area contributed by atoms with E-state index in [2.05, 4.69) is 4.98 Å². The molecule has 5 nitrogen and oxygen atoms in total. The van der Waals surface area contributed by atoms with E-state index in [1.54, 1.807) is 6.07 Å². The summed E-state index contributed by atoms with van der Waals surface area (Å²) in [6, 6.07) is 8.89. The fraction of sp³-hybridized carbons (Fsp3) is 0.214. The fourth-order valence-corrected chi connectivity index (χ4v) is 2.89. The lowest BCUT2D eigenvalue weighted by molar-refractivity contribution is -0.0813. The van der Waals surface area contributed by atoms with Crippen molar-refractivity contribution >= 4 is 6.03 Å². The van der Waals surface area contributed by atoms with Crippen LogP contribution in [0.5, 0.6) is 0 Å². The molecule has 2 atom stereocenters. The number of carbonyl (C=O) groups excluding carboxylic acids is 1. The quantitative estimate of drug-likeness (QED) is 0.580. The number of hydrogen-bond acceptors (Lipinski definition) is 2. The molecule has 2 amide bonds. The largest absolute Gasteiger partial charge is 0.350 e. The number of nitrogens with zero attached hydrogens (tertiary/aromatic N) is 1. The van der Waals surface area contributed by atoms with Crippen molar-refractivity contribution in [3.05, 3.63) is 59.2 Å². The highest BCUT2D eigenvalue weighted by Crippen LogP contribution is 2.44. The predicted molar refractivity (Wildman–Crippen MR) is 69.6 cm³/mol. The number of benzene rings is 1. The molecule has 1 aliphatic rings. The number of H-pyrrole nitrogens is 1. The molecule has 0 aliphatic heterocycles. The first kappa shape index (κ1) is 12.7. The molecule has 0 spiro atoms. The number of nitrogens with one attached hydrogen (secondary N) is 1. The number of hydroxylamine groups is 2. The Morgan fingerprint density at radius 2 is 2.10 bits per heavy atom. The molecule has 104 valence electrons. The van der Waals surface area contributed by atoms with Crippen molar-refractivity contribution in [1.82, 2.24) is 10.0 Å². The number of aromatic nitrogens is 1. The number of aromatic amines is 1. The number of carbonyl (C=O) groups is 1. The third-order valence-electron chi connectivity index (χ3n) is 3.76. The molecule has 2 aromatic rings. The van der Waals surface area contributed by atoms with Crippen molar-refractivity contribution in [1.29, 1.82) is 0 Å². The van der Waals surface area contributed by atoms with Gasteiger partial charge in [0.05, 0.1) is 6.04 Å². The lowest BCUT2D eigenvalue weighted by atomic mass is 9.97. The van der Waals surface area contributed by atoms with Crippen LogP contribution in [0.1, 0.15) is 28.8 Å². The van der Waals surface area contributed by atoms with Crippen LogP contribution in [0.2, 0.25) is 0 Å². The van der Waals surface area contributed by atoms with Gasteiger partial charge in [0.25, 0.3) is 0 Å². The maximum Gasteiger partial charge on any atom is 0.339 e. The van der Waals surface area contributed by atoms with Crippen molar-refractivity contribution in [2.45, 2.75) is 18.4 Å². The van der Waals surface area contributed by atoms with Gasteiger partial charge in [0.2, 0.25) is 0 Å². The molecule has 1 aromatic carbocycles. The van der Waals surface area contributed by atoms with Crippen LogP contribution in [-0.4, -0.2) is 21.3 Å². The highest BCUT2D eigenvalue weighted by Gasteiger charge is 2.39. The molecule has 3 rings (SSSR count). The van der Waals surface area contributed by atoms with Gasteiger partial charge in [-0.1, -0.05) is 24.3 Å². The molecular weight excluding hydrogens is 261 g/mol. The van der Waals surface area contributed by atoms with Crippen LogP contribution in [0.4, 0.5) is 9.18 Å². The number of nitrogens with two attached hydrogens (primary N) is 1. The maximum absolute atomic E-state index is 13.2. The first-order chi connectivity index (χ1) is 9.58. The molecule has 0 saturated heterocycles. The van der Waals surface area contributed by atoms with Gasteiger partial charge in [-0.05, 0) is 29.7 Å². The van der Waals surface area contributed by atoms with Gasteiger partial charge in [0.15, 0.2) is 5.95 Å². The van der Waals surface area contributed by atoms with Gasteiger partial charge in [-0.15, -0.1) is 0 Å². The van der Waals surface area contributed by atoms with E-state index in [1.807, 2.05) is 24.3 Å². The fourth-order valence-electron chi connectivity index (χ4n) is 2.89. The Morgan fingerprint density at radius 3 is 2.75 bits per heavy atom. The third kappa shape index (κ3) is 1.94. The smallest absolute Gasteiger partial charge is 0.339 e. The maximum atomic E-state index is 13.2. The van der Waals surface area contributed by atoms with Crippen molar-refractivity contribution in [3.63, 3.8) is 0 Å². The Balaban J connectivity index is 2.05. The molecule has 0 saturated carbocycles. The standard InChI is InChI=1S/C14H14FN3O2/c15-12-6-5-11(17-12)10-7-8-3-1-2-4-9(8)13(10)18(20)14(16)19/h1-6,10,13,17,20H,7H2,(H2,16,19). The summed E-state index contributed by atoms with van der Waals surface area (Å²) in [7, 11) is 0. The third-order valence-corrected chi connectivity index (χ3v) is 3.76. The van der Waals surface area contributed by atoms with Gasteiger partial charge in [-0.3, -0.25) is 5.21 Å². The second-order valence-electron chi connectivity index (χ2n) is 4.90. The van der Waals surface area contributed by atoms with Crippen molar-refractivity contribution in [3.8, 4) is 0 Å². The summed E-state index contributed by atoms with van der Waals surface area (Å²) >= 11 is 0. The predicted octanol–water partition coefficient (Wildman–Crippen LogP) is 2.30. The van der Waals surface area contributed by atoms with E-state index in [9.17, 15) is 14.4 Å². The molecule has 2 unspecified atom stereocenters. The van der Waals surface area contributed by atoms with E-state index in [1.165, 1.54) is 6.07 Å². The van der Waals surface area contributed by atoms with Crippen LogP contribution in [0.25, 0.3) is 0 Å². The molecule has 20 heavy (non-hydrogen) atoms. The van der Waals surface area contributed by atoms with Crippen molar-refractivity contribution < 1.29 is 14.4 Å². The van der Waals surface area contributed by atoms with E-state index in [-0.39, 0.29) is 5.92 Å². The van der Waals surface area contributed by atoms with Crippen LogP contribution < -0.4 is 5.73 Å². The number of amides is 2. The topological polar surface area (TPSA) is 82.3 Å². The van der Waals surface area contributed by atoms with E-state index in [0.717, 1.165) is 11.1 Å². The Morgan fingerprint density at radius 1 is 1.35 bits per heavy atom. The number of rotatable bonds is 2. The van der Waals surface area contributed by atoms with Crippen LogP contribution in [0.3, 0.4) is 0 Å². The first-order valence-corrected chi connectivity index (χ1v) is 6.27. The number of primary amides is 1. The normalized spacial score (nSPS) is 20.7. The molecule has 1 aromatic heterocycles. The summed E-state index contributed by atoms with van der Waals surface area (Å²) in [6.45, 7) is 0. The van der Waals surface area contributed by atoms with E-state index >= 15 is 0 Å². The highest BCUT2D eigenvalue weighted by atomic mass is 19.1. The Hall–Kier alpha value is -2.34. The van der Waals surface area contributed by atoms with Gasteiger partial charge in [0, 0.05) is 11.6 Å². The summed E-state index contributed by atoms with van der Waals surface area (Å²) in [5.41, 5.74) is 7.64. The van der Waals surface area contributed by atoms with Crippen LogP contribution >= 0.6 is 0 Å². The second kappa shape index (κ2) is 4.64. The van der Waals surface area contributed by atoms with E-state index in [0.29, 0.717) is 17.2 Å². The average molecular weight is 275 g/mol. The highest BCUT2D eigenvalue weighted by molar-refractivity contribution is 5.71. The van der Waals surface area contributed by atoms with Gasteiger partial charge < -0.3 is 10.7 Å². The minimum absolute atomic E-state index is 0.255. The van der Waals surface area contributed by atoms with Crippen LogP contribution in [0.15, 0.2) is 36.4 Å². The summed E-state index contributed by atoms with van der Waals surface area (Å²) in [6.07, 6.45) is 0.602. The van der Waals surface area contributed by atoms with Gasteiger partial charge in [-0.2, -0.15) is 9.45 Å². The molecule has 0 radical (unpaired) electrons. The van der Waals surface area contributed by atoms with E-state index < -0.39 is 18.0 Å². The number of halogens is 1. The summed E-state index contributed by atoms with van der Waals surface area (Å²) < 4.78 is 13.2. The molecular formula is C14H14FN3O2. The summed E-state index contributed by atoms with van der Waals surface area (Å²) in [4.78, 5) is 13.9. The Bertz CT molecular complexity index is 655. The zero-order valence-electron chi connectivity index (χ0n) is 10.6. The van der Waals surface area contributed by atoms with Crippen molar-refractivity contribution in [2.75, 3.05) is 0 Å².